The molecule has 0 aliphatic rings. The molecule has 2 N–H and O–H groups in total. The topological polar surface area (TPSA) is 43.3 Å². The lowest BCUT2D eigenvalue weighted by atomic mass is 10.1. The normalized spacial score (nSPS) is 10.8. The molecule has 3 rings (SSSR count). The Bertz CT molecular complexity index is 641. The summed E-state index contributed by atoms with van der Waals surface area (Å²) in [7, 11) is 0. The van der Waals surface area contributed by atoms with Crippen LogP contribution in [0.1, 0.15) is 11.3 Å². The van der Waals surface area contributed by atoms with E-state index in [1.165, 1.54) is 5.56 Å². The SMILES string of the molecule is Nc1ccc2nc(Cc3ccccc3)cn2c1. The minimum absolute atomic E-state index is 0.751. The molecule has 0 saturated carbocycles. The molecule has 0 aliphatic heterocycles. The third kappa shape index (κ3) is 1.99. The van der Waals surface area contributed by atoms with Gasteiger partial charge in [-0.05, 0) is 17.7 Å². The summed E-state index contributed by atoms with van der Waals surface area (Å²) in [5, 5.41) is 0. The molecule has 1 aromatic carbocycles. The second-order valence-corrected chi connectivity index (χ2v) is 4.12. The van der Waals surface area contributed by atoms with Crippen LogP contribution in [0.3, 0.4) is 0 Å². The number of nitrogens with two attached hydrogens (primary N) is 1. The van der Waals surface area contributed by atoms with Gasteiger partial charge in [-0.25, -0.2) is 4.98 Å². The number of aromatic nitrogens is 2. The molecule has 0 aliphatic carbocycles. The maximum absolute atomic E-state index is 5.74. The summed E-state index contributed by atoms with van der Waals surface area (Å²) < 4.78 is 1.97. The Balaban J connectivity index is 1.96. The lowest BCUT2D eigenvalue weighted by Gasteiger charge is -1.95. The number of benzene rings is 1. The fraction of sp³-hybridized carbons (Fsp3) is 0.0714. The van der Waals surface area contributed by atoms with Gasteiger partial charge in [-0.1, -0.05) is 30.3 Å². The van der Waals surface area contributed by atoms with Crippen LogP contribution in [0.25, 0.3) is 5.65 Å². The Labute approximate surface area is 99.5 Å². The van der Waals surface area contributed by atoms with Crippen molar-refractivity contribution in [1.29, 1.82) is 0 Å². The predicted molar refractivity (Wildman–Crippen MR) is 68.9 cm³/mol. The third-order valence-electron chi connectivity index (χ3n) is 2.75. The van der Waals surface area contributed by atoms with Gasteiger partial charge in [0.1, 0.15) is 5.65 Å². The molecular weight excluding hydrogens is 210 g/mol. The molecule has 0 atom stereocenters. The van der Waals surface area contributed by atoms with Gasteiger partial charge in [0.25, 0.3) is 0 Å². The van der Waals surface area contributed by atoms with Crippen LogP contribution in [0.15, 0.2) is 54.9 Å². The summed E-state index contributed by atoms with van der Waals surface area (Å²) in [6.45, 7) is 0. The second kappa shape index (κ2) is 3.94. The van der Waals surface area contributed by atoms with Crippen LogP contribution in [0, 0.1) is 0 Å². The van der Waals surface area contributed by atoms with Crippen LogP contribution in [0.2, 0.25) is 0 Å². The van der Waals surface area contributed by atoms with E-state index >= 15 is 0 Å². The van der Waals surface area contributed by atoms with Crippen molar-refractivity contribution in [3.8, 4) is 0 Å². The number of hydrogen-bond donors (Lipinski definition) is 1. The summed E-state index contributed by atoms with van der Waals surface area (Å²) in [5.41, 5.74) is 9.75. The zero-order valence-corrected chi connectivity index (χ0v) is 9.38. The predicted octanol–water partition coefficient (Wildman–Crippen LogP) is 2.51. The van der Waals surface area contributed by atoms with Gasteiger partial charge in [0, 0.05) is 24.5 Å². The molecule has 84 valence electrons. The molecule has 0 fully saturated rings. The monoisotopic (exact) mass is 223 g/mol. The van der Waals surface area contributed by atoms with E-state index in [1.807, 2.05) is 47.1 Å². The van der Waals surface area contributed by atoms with E-state index in [9.17, 15) is 0 Å². The van der Waals surface area contributed by atoms with Gasteiger partial charge in [0.05, 0.1) is 5.69 Å². The van der Waals surface area contributed by atoms with Crippen LogP contribution < -0.4 is 5.73 Å². The van der Waals surface area contributed by atoms with Crippen molar-refractivity contribution >= 4 is 11.3 Å². The van der Waals surface area contributed by atoms with Crippen LogP contribution in [0.5, 0.6) is 0 Å². The van der Waals surface area contributed by atoms with E-state index in [2.05, 4.69) is 17.1 Å². The first-order valence-electron chi connectivity index (χ1n) is 5.58. The second-order valence-electron chi connectivity index (χ2n) is 4.12. The first kappa shape index (κ1) is 9.90. The lowest BCUT2D eigenvalue weighted by molar-refractivity contribution is 1.11. The molecule has 0 saturated heterocycles. The number of imidazole rings is 1. The molecule has 0 amide bonds. The highest BCUT2D eigenvalue weighted by atomic mass is 15.0. The van der Waals surface area contributed by atoms with E-state index in [0.717, 1.165) is 23.4 Å². The minimum atomic E-state index is 0.751. The molecule has 2 heterocycles. The lowest BCUT2D eigenvalue weighted by Crippen LogP contribution is -1.88. The quantitative estimate of drug-likeness (QED) is 0.725. The summed E-state index contributed by atoms with van der Waals surface area (Å²) in [5.74, 6) is 0. The molecule has 0 radical (unpaired) electrons. The van der Waals surface area contributed by atoms with Gasteiger partial charge >= 0.3 is 0 Å². The minimum Gasteiger partial charge on any atom is -0.398 e. The molecule has 3 nitrogen and oxygen atoms in total. The summed E-state index contributed by atoms with van der Waals surface area (Å²) in [6.07, 6.45) is 4.76. The van der Waals surface area contributed by atoms with Crippen LogP contribution in [0.4, 0.5) is 5.69 Å². The van der Waals surface area contributed by atoms with Crippen molar-refractivity contribution in [1.82, 2.24) is 9.38 Å². The highest BCUT2D eigenvalue weighted by molar-refractivity contribution is 5.48. The van der Waals surface area contributed by atoms with E-state index in [-0.39, 0.29) is 0 Å². The molecule has 3 aromatic rings. The molecule has 17 heavy (non-hydrogen) atoms. The summed E-state index contributed by atoms with van der Waals surface area (Å²) in [4.78, 5) is 4.56. The van der Waals surface area contributed by atoms with Crippen molar-refractivity contribution in [2.24, 2.45) is 0 Å². The number of pyridine rings is 1. The van der Waals surface area contributed by atoms with Gasteiger partial charge in [-0.15, -0.1) is 0 Å². The smallest absolute Gasteiger partial charge is 0.137 e. The number of rotatable bonds is 2. The number of hydrogen-bond acceptors (Lipinski definition) is 2. The van der Waals surface area contributed by atoms with E-state index < -0.39 is 0 Å². The van der Waals surface area contributed by atoms with Gasteiger partial charge in [0.2, 0.25) is 0 Å². The van der Waals surface area contributed by atoms with Crippen LogP contribution in [-0.2, 0) is 6.42 Å². The molecule has 0 spiro atoms. The van der Waals surface area contributed by atoms with Crippen molar-refractivity contribution in [3.63, 3.8) is 0 Å². The number of nitrogens with zero attached hydrogens (tertiary/aromatic N) is 2. The standard InChI is InChI=1S/C14H13N3/c15-12-6-7-14-16-13(10-17(14)9-12)8-11-4-2-1-3-5-11/h1-7,9-10H,8,15H2. The van der Waals surface area contributed by atoms with Gasteiger partial charge in [0.15, 0.2) is 0 Å². The van der Waals surface area contributed by atoms with E-state index in [1.54, 1.807) is 0 Å². The summed E-state index contributed by atoms with van der Waals surface area (Å²) in [6, 6.07) is 14.1. The zero-order valence-electron chi connectivity index (χ0n) is 9.38. The Kier molecular flexibility index (Phi) is 2.29. The Hall–Kier alpha value is -2.29. The average molecular weight is 223 g/mol. The van der Waals surface area contributed by atoms with Crippen molar-refractivity contribution in [3.05, 3.63) is 66.1 Å². The highest BCUT2D eigenvalue weighted by Gasteiger charge is 2.02. The molecule has 0 unspecified atom stereocenters. The molecular formula is C14H13N3. The summed E-state index contributed by atoms with van der Waals surface area (Å²) >= 11 is 0. The molecule has 0 bridgehead atoms. The number of fused-ring (bicyclic) bond motifs is 1. The van der Waals surface area contributed by atoms with E-state index in [4.69, 9.17) is 5.73 Å². The average Bonchev–Trinajstić information content (AvgIpc) is 2.71. The van der Waals surface area contributed by atoms with Gasteiger partial charge in [-0.2, -0.15) is 0 Å². The van der Waals surface area contributed by atoms with Gasteiger partial charge in [-0.3, -0.25) is 0 Å². The van der Waals surface area contributed by atoms with Gasteiger partial charge < -0.3 is 10.1 Å². The largest absolute Gasteiger partial charge is 0.398 e. The van der Waals surface area contributed by atoms with Crippen LogP contribution >= 0.6 is 0 Å². The molecule has 3 heteroatoms. The fourth-order valence-electron chi connectivity index (χ4n) is 1.95. The van der Waals surface area contributed by atoms with Crippen molar-refractivity contribution in [2.45, 2.75) is 6.42 Å². The fourth-order valence-corrected chi connectivity index (χ4v) is 1.95. The van der Waals surface area contributed by atoms with Crippen LogP contribution in [-0.4, -0.2) is 9.38 Å². The Morgan fingerprint density at radius 1 is 1.00 bits per heavy atom. The van der Waals surface area contributed by atoms with Crippen molar-refractivity contribution < 1.29 is 0 Å². The number of anilines is 1. The maximum Gasteiger partial charge on any atom is 0.137 e. The maximum atomic E-state index is 5.74. The first-order valence-corrected chi connectivity index (χ1v) is 5.58. The van der Waals surface area contributed by atoms with Crippen molar-refractivity contribution in [2.75, 3.05) is 5.73 Å². The highest BCUT2D eigenvalue weighted by Crippen LogP contribution is 2.12. The zero-order chi connectivity index (χ0) is 11.7. The van der Waals surface area contributed by atoms with E-state index in [0.29, 0.717) is 0 Å². The molecule has 2 aromatic heterocycles. The Morgan fingerprint density at radius 2 is 1.82 bits per heavy atom. The Morgan fingerprint density at radius 3 is 2.65 bits per heavy atom. The third-order valence-corrected chi connectivity index (χ3v) is 2.75. The first-order chi connectivity index (χ1) is 8.31. The number of nitrogen functional groups attached to an aromatic ring is 1.